The number of pyridine rings is 1. The molecule has 1 aromatic heterocycles. The first-order valence-electron chi connectivity index (χ1n) is 4.53. The number of nitrogen functional groups attached to an aromatic ring is 1. The molecular weight excluding hydrogens is 148 g/mol. The van der Waals surface area contributed by atoms with E-state index in [1.54, 1.807) is 0 Å². The summed E-state index contributed by atoms with van der Waals surface area (Å²) in [5.41, 5.74) is 6.78. The summed E-state index contributed by atoms with van der Waals surface area (Å²) >= 11 is 0. The van der Waals surface area contributed by atoms with Gasteiger partial charge in [0.2, 0.25) is 0 Å². The first kappa shape index (κ1) is 7.59. The Labute approximate surface area is 72.8 Å². The van der Waals surface area contributed by atoms with E-state index in [-0.39, 0.29) is 0 Å². The number of nitrogens with two attached hydrogens (primary N) is 1. The molecule has 2 N–H and O–H groups in total. The molecule has 64 valence electrons. The fourth-order valence-corrected chi connectivity index (χ4v) is 1.74. The molecule has 0 saturated heterocycles. The van der Waals surface area contributed by atoms with E-state index in [1.165, 1.54) is 18.5 Å². The second kappa shape index (κ2) is 2.77. The van der Waals surface area contributed by atoms with Gasteiger partial charge in [0.1, 0.15) is 5.82 Å². The minimum absolute atomic E-state index is 0.647. The van der Waals surface area contributed by atoms with Gasteiger partial charge in [0.05, 0.1) is 0 Å². The summed E-state index contributed by atoms with van der Waals surface area (Å²) in [6.07, 6.45) is 2.56. The maximum atomic E-state index is 5.60. The van der Waals surface area contributed by atoms with Crippen LogP contribution in [0.4, 0.5) is 5.82 Å². The van der Waals surface area contributed by atoms with E-state index in [2.05, 4.69) is 18.0 Å². The summed E-state index contributed by atoms with van der Waals surface area (Å²) < 4.78 is 0. The van der Waals surface area contributed by atoms with Crippen molar-refractivity contribution >= 4 is 5.82 Å². The fourth-order valence-electron chi connectivity index (χ4n) is 1.74. The quantitative estimate of drug-likeness (QED) is 0.723. The third-order valence-corrected chi connectivity index (χ3v) is 2.62. The van der Waals surface area contributed by atoms with Crippen LogP contribution >= 0.6 is 0 Å². The van der Waals surface area contributed by atoms with E-state index >= 15 is 0 Å². The Balaban J connectivity index is 2.14. The van der Waals surface area contributed by atoms with Crippen LogP contribution in [0.1, 0.15) is 31.4 Å². The molecule has 1 fully saturated rings. The lowest BCUT2D eigenvalue weighted by molar-refractivity contribution is 0.757. The highest BCUT2D eigenvalue weighted by Gasteiger charge is 2.37. The predicted octanol–water partition coefficient (Wildman–Crippen LogP) is 2.18. The van der Waals surface area contributed by atoms with Crippen molar-refractivity contribution in [3.63, 3.8) is 0 Å². The van der Waals surface area contributed by atoms with Gasteiger partial charge in [-0.25, -0.2) is 4.98 Å². The standard InChI is InChI=1S/C10H14N2/c1-2-7-6-8(7)9-4-3-5-10(11)12-9/h3-5,7-8H,2,6H2,1H3,(H2,11,12)/t7-,8+/m1/s1. The number of nitrogens with zero attached hydrogens (tertiary/aromatic N) is 1. The van der Waals surface area contributed by atoms with Gasteiger partial charge < -0.3 is 5.73 Å². The van der Waals surface area contributed by atoms with Crippen molar-refractivity contribution < 1.29 is 0 Å². The highest BCUT2D eigenvalue weighted by Crippen LogP contribution is 2.48. The van der Waals surface area contributed by atoms with Crippen LogP contribution in [0.25, 0.3) is 0 Å². The Hall–Kier alpha value is -1.05. The van der Waals surface area contributed by atoms with Crippen LogP contribution in [0.5, 0.6) is 0 Å². The second-order valence-electron chi connectivity index (χ2n) is 3.50. The number of rotatable bonds is 2. The first-order chi connectivity index (χ1) is 5.81. The summed E-state index contributed by atoms with van der Waals surface area (Å²) in [5.74, 6) is 2.20. The van der Waals surface area contributed by atoms with E-state index in [0.717, 1.165) is 5.92 Å². The van der Waals surface area contributed by atoms with Gasteiger partial charge in [-0.1, -0.05) is 19.4 Å². The zero-order chi connectivity index (χ0) is 8.55. The van der Waals surface area contributed by atoms with E-state index in [9.17, 15) is 0 Å². The molecule has 0 spiro atoms. The molecule has 0 aliphatic heterocycles. The molecular formula is C10H14N2. The highest BCUT2D eigenvalue weighted by molar-refractivity contribution is 5.31. The van der Waals surface area contributed by atoms with Gasteiger partial charge in [-0.2, -0.15) is 0 Å². The molecule has 0 unspecified atom stereocenters. The van der Waals surface area contributed by atoms with Gasteiger partial charge >= 0.3 is 0 Å². The van der Waals surface area contributed by atoms with E-state index in [4.69, 9.17) is 5.73 Å². The maximum Gasteiger partial charge on any atom is 0.123 e. The third kappa shape index (κ3) is 1.29. The van der Waals surface area contributed by atoms with Crippen molar-refractivity contribution in [2.75, 3.05) is 5.73 Å². The molecule has 1 aliphatic carbocycles. The Morgan fingerprint density at radius 3 is 3.00 bits per heavy atom. The normalized spacial score (nSPS) is 27.1. The number of aromatic nitrogens is 1. The highest BCUT2D eigenvalue weighted by atomic mass is 14.8. The van der Waals surface area contributed by atoms with Crippen LogP contribution in [0.15, 0.2) is 18.2 Å². The van der Waals surface area contributed by atoms with Crippen molar-refractivity contribution in [3.8, 4) is 0 Å². The van der Waals surface area contributed by atoms with Crippen LogP contribution in [0.2, 0.25) is 0 Å². The lowest BCUT2D eigenvalue weighted by Crippen LogP contribution is -1.93. The van der Waals surface area contributed by atoms with Gasteiger partial charge in [0.15, 0.2) is 0 Å². The molecule has 1 heterocycles. The van der Waals surface area contributed by atoms with Crippen molar-refractivity contribution in [1.82, 2.24) is 4.98 Å². The van der Waals surface area contributed by atoms with Gasteiger partial charge in [-0.3, -0.25) is 0 Å². The third-order valence-electron chi connectivity index (χ3n) is 2.62. The van der Waals surface area contributed by atoms with Gasteiger partial charge in [0, 0.05) is 11.6 Å². The Morgan fingerprint density at radius 1 is 1.58 bits per heavy atom. The Bertz CT molecular complexity index is 283. The predicted molar refractivity (Wildman–Crippen MR) is 49.8 cm³/mol. The van der Waals surface area contributed by atoms with Crippen molar-refractivity contribution in [2.24, 2.45) is 5.92 Å². The molecule has 2 heteroatoms. The zero-order valence-electron chi connectivity index (χ0n) is 7.33. The van der Waals surface area contributed by atoms with Crippen molar-refractivity contribution in [3.05, 3.63) is 23.9 Å². The zero-order valence-corrected chi connectivity index (χ0v) is 7.33. The molecule has 1 saturated carbocycles. The largest absolute Gasteiger partial charge is 0.384 e. The number of anilines is 1. The molecule has 12 heavy (non-hydrogen) atoms. The van der Waals surface area contributed by atoms with Crippen LogP contribution in [0, 0.1) is 5.92 Å². The van der Waals surface area contributed by atoms with Gasteiger partial charge in [-0.05, 0) is 24.5 Å². The Morgan fingerprint density at radius 2 is 2.42 bits per heavy atom. The molecule has 0 aromatic carbocycles. The van der Waals surface area contributed by atoms with E-state index in [0.29, 0.717) is 11.7 Å². The topological polar surface area (TPSA) is 38.9 Å². The Kier molecular flexibility index (Phi) is 1.75. The van der Waals surface area contributed by atoms with Crippen LogP contribution in [-0.4, -0.2) is 4.98 Å². The second-order valence-corrected chi connectivity index (χ2v) is 3.50. The van der Waals surface area contributed by atoms with Crippen LogP contribution in [0.3, 0.4) is 0 Å². The summed E-state index contributed by atoms with van der Waals surface area (Å²) in [4.78, 5) is 4.31. The van der Waals surface area contributed by atoms with Crippen molar-refractivity contribution in [2.45, 2.75) is 25.7 Å². The molecule has 2 rings (SSSR count). The average molecular weight is 162 g/mol. The summed E-state index contributed by atoms with van der Waals surface area (Å²) in [7, 11) is 0. The lowest BCUT2D eigenvalue weighted by atomic mass is 10.2. The van der Waals surface area contributed by atoms with Gasteiger partial charge in [0.25, 0.3) is 0 Å². The van der Waals surface area contributed by atoms with Crippen LogP contribution < -0.4 is 5.73 Å². The maximum absolute atomic E-state index is 5.60. The molecule has 1 aromatic rings. The molecule has 1 aliphatic rings. The van der Waals surface area contributed by atoms with Gasteiger partial charge in [-0.15, -0.1) is 0 Å². The molecule has 0 radical (unpaired) electrons. The lowest BCUT2D eigenvalue weighted by Gasteiger charge is -1.98. The minimum Gasteiger partial charge on any atom is -0.384 e. The fraction of sp³-hybridized carbons (Fsp3) is 0.500. The van der Waals surface area contributed by atoms with E-state index in [1.807, 2.05) is 12.1 Å². The first-order valence-corrected chi connectivity index (χ1v) is 4.53. The SMILES string of the molecule is CC[C@@H]1C[C@@H]1c1cccc(N)n1. The average Bonchev–Trinajstić information content (AvgIpc) is 2.83. The number of hydrogen-bond acceptors (Lipinski definition) is 2. The summed E-state index contributed by atoms with van der Waals surface area (Å²) in [6, 6.07) is 5.91. The molecule has 0 bridgehead atoms. The molecule has 2 atom stereocenters. The molecule has 0 amide bonds. The van der Waals surface area contributed by atoms with Crippen LogP contribution in [-0.2, 0) is 0 Å². The van der Waals surface area contributed by atoms with E-state index < -0.39 is 0 Å². The minimum atomic E-state index is 0.647. The molecule has 2 nitrogen and oxygen atoms in total. The summed E-state index contributed by atoms with van der Waals surface area (Å²) in [5, 5.41) is 0. The monoisotopic (exact) mass is 162 g/mol. The summed E-state index contributed by atoms with van der Waals surface area (Å²) in [6.45, 7) is 2.23. The number of hydrogen-bond donors (Lipinski definition) is 1. The smallest absolute Gasteiger partial charge is 0.123 e. The van der Waals surface area contributed by atoms with Crippen molar-refractivity contribution in [1.29, 1.82) is 0 Å².